The number of hydrogen-bond acceptors (Lipinski definition) is 4. The molecule has 0 bridgehead atoms. The highest BCUT2D eigenvalue weighted by Crippen LogP contribution is 2.24. The molecule has 0 saturated carbocycles. The van der Waals surface area contributed by atoms with E-state index >= 15 is 0 Å². The monoisotopic (exact) mass is 380 g/mol. The number of nitrogens with one attached hydrogen (secondary N) is 2. The summed E-state index contributed by atoms with van der Waals surface area (Å²) in [6.45, 7) is 1.74. The van der Waals surface area contributed by atoms with Gasteiger partial charge in [0.2, 0.25) is 5.91 Å². The van der Waals surface area contributed by atoms with Crippen LogP contribution in [0.3, 0.4) is 0 Å². The topological polar surface area (TPSA) is 80.4 Å². The molecule has 1 amide bonds. The van der Waals surface area contributed by atoms with E-state index in [1.807, 2.05) is 54.7 Å². The smallest absolute Gasteiger partial charge is 0.293 e. The van der Waals surface area contributed by atoms with Crippen LogP contribution >= 0.6 is 0 Å². The lowest BCUT2D eigenvalue weighted by atomic mass is 10.1. The first-order chi connectivity index (χ1) is 13.8. The van der Waals surface area contributed by atoms with Crippen molar-refractivity contribution in [2.75, 3.05) is 13.2 Å². The minimum Gasteiger partial charge on any atom is -0.489 e. The molecular weight excluding hydrogens is 356 g/mol. The number of benzene rings is 2. The number of aromatic nitrogens is 1. The third kappa shape index (κ3) is 5.61. The van der Waals surface area contributed by atoms with Crippen LogP contribution in [-0.2, 0) is 27.4 Å². The Bertz CT molecular complexity index is 905. The zero-order valence-corrected chi connectivity index (χ0v) is 15.6. The second kappa shape index (κ2) is 10.2. The fraction of sp³-hybridized carbons (Fsp3) is 0.273. The van der Waals surface area contributed by atoms with Crippen molar-refractivity contribution < 1.29 is 19.1 Å². The van der Waals surface area contributed by atoms with Gasteiger partial charge in [0.05, 0.1) is 6.61 Å². The SMILES string of the molecule is O=COCCCC(=O)NCCc1c[nH]c2ccc(OCc3ccccc3)cc12. The molecule has 3 rings (SSSR count). The van der Waals surface area contributed by atoms with Crippen LogP contribution in [0.4, 0.5) is 0 Å². The predicted octanol–water partition coefficient (Wildman–Crippen LogP) is 3.36. The molecule has 0 unspecified atom stereocenters. The van der Waals surface area contributed by atoms with Gasteiger partial charge in [0, 0.05) is 30.1 Å². The molecule has 28 heavy (non-hydrogen) atoms. The summed E-state index contributed by atoms with van der Waals surface area (Å²) < 4.78 is 10.5. The first kappa shape index (κ1) is 19.5. The molecule has 0 spiro atoms. The molecule has 2 N–H and O–H groups in total. The molecule has 0 saturated heterocycles. The summed E-state index contributed by atoms with van der Waals surface area (Å²) in [5.74, 6) is 0.776. The van der Waals surface area contributed by atoms with Crippen LogP contribution in [0.2, 0.25) is 0 Å². The van der Waals surface area contributed by atoms with Crippen molar-refractivity contribution in [3.05, 3.63) is 65.9 Å². The average molecular weight is 380 g/mol. The van der Waals surface area contributed by atoms with Crippen LogP contribution in [0, 0.1) is 0 Å². The summed E-state index contributed by atoms with van der Waals surface area (Å²) >= 11 is 0. The van der Waals surface area contributed by atoms with Crippen molar-refractivity contribution >= 4 is 23.3 Å². The van der Waals surface area contributed by atoms with Gasteiger partial charge in [0.1, 0.15) is 12.4 Å². The standard InChI is InChI=1S/C22H24N2O4/c25-16-27-12-4-7-22(26)23-11-10-18-14-24-21-9-8-19(13-20(18)21)28-15-17-5-2-1-3-6-17/h1-3,5-6,8-9,13-14,16,24H,4,7,10-12,15H2,(H,23,26). The van der Waals surface area contributed by atoms with Crippen molar-refractivity contribution in [1.82, 2.24) is 10.3 Å². The Hall–Kier alpha value is -3.28. The second-order valence-corrected chi connectivity index (χ2v) is 6.47. The summed E-state index contributed by atoms with van der Waals surface area (Å²) in [5.41, 5.74) is 3.29. The molecule has 6 heteroatoms. The second-order valence-electron chi connectivity index (χ2n) is 6.47. The van der Waals surface area contributed by atoms with Crippen LogP contribution in [0.15, 0.2) is 54.7 Å². The first-order valence-electron chi connectivity index (χ1n) is 9.35. The summed E-state index contributed by atoms with van der Waals surface area (Å²) in [5, 5.41) is 3.99. The van der Waals surface area contributed by atoms with Gasteiger partial charge >= 0.3 is 0 Å². The Morgan fingerprint density at radius 1 is 1.14 bits per heavy atom. The number of carbonyl (C=O) groups excluding carboxylic acids is 2. The third-order valence-corrected chi connectivity index (χ3v) is 4.44. The number of fused-ring (bicyclic) bond motifs is 1. The van der Waals surface area contributed by atoms with Crippen molar-refractivity contribution in [1.29, 1.82) is 0 Å². The first-order valence-corrected chi connectivity index (χ1v) is 9.35. The van der Waals surface area contributed by atoms with Crippen LogP contribution in [0.1, 0.15) is 24.0 Å². The number of aromatic amines is 1. The summed E-state index contributed by atoms with van der Waals surface area (Å²) in [4.78, 5) is 25.1. The van der Waals surface area contributed by atoms with E-state index in [0.717, 1.165) is 34.2 Å². The number of hydrogen-bond donors (Lipinski definition) is 2. The van der Waals surface area contributed by atoms with E-state index in [9.17, 15) is 9.59 Å². The maximum Gasteiger partial charge on any atom is 0.293 e. The molecule has 2 aromatic carbocycles. The molecule has 6 nitrogen and oxygen atoms in total. The van der Waals surface area contributed by atoms with Gasteiger partial charge in [-0.2, -0.15) is 0 Å². The van der Waals surface area contributed by atoms with Gasteiger partial charge in [-0.3, -0.25) is 9.59 Å². The number of H-pyrrole nitrogens is 1. The molecule has 1 aromatic heterocycles. The van der Waals surface area contributed by atoms with Gasteiger partial charge in [0.25, 0.3) is 6.47 Å². The van der Waals surface area contributed by atoms with E-state index in [0.29, 0.717) is 32.5 Å². The van der Waals surface area contributed by atoms with Gasteiger partial charge < -0.3 is 19.8 Å². The molecule has 0 atom stereocenters. The number of ether oxygens (including phenoxy) is 2. The van der Waals surface area contributed by atoms with Gasteiger partial charge in [-0.15, -0.1) is 0 Å². The van der Waals surface area contributed by atoms with Crippen molar-refractivity contribution in [2.45, 2.75) is 25.9 Å². The quantitative estimate of drug-likeness (QED) is 0.395. The van der Waals surface area contributed by atoms with E-state index < -0.39 is 0 Å². The van der Waals surface area contributed by atoms with Gasteiger partial charge in [-0.05, 0) is 42.2 Å². The molecule has 0 aliphatic carbocycles. The van der Waals surface area contributed by atoms with Gasteiger partial charge in [-0.25, -0.2) is 0 Å². The third-order valence-electron chi connectivity index (χ3n) is 4.44. The molecule has 3 aromatic rings. The highest BCUT2D eigenvalue weighted by Gasteiger charge is 2.07. The summed E-state index contributed by atoms with van der Waals surface area (Å²) in [6, 6.07) is 16.0. The molecule has 1 heterocycles. The Balaban J connectivity index is 1.52. The number of carbonyl (C=O) groups is 2. The Morgan fingerprint density at radius 3 is 2.82 bits per heavy atom. The van der Waals surface area contributed by atoms with Crippen molar-refractivity contribution in [2.24, 2.45) is 0 Å². The molecule has 0 fully saturated rings. The zero-order chi connectivity index (χ0) is 19.6. The normalized spacial score (nSPS) is 10.6. The highest BCUT2D eigenvalue weighted by molar-refractivity contribution is 5.84. The minimum absolute atomic E-state index is 0.0405. The highest BCUT2D eigenvalue weighted by atomic mass is 16.5. The average Bonchev–Trinajstić information content (AvgIpc) is 3.13. The van der Waals surface area contributed by atoms with Gasteiger partial charge in [0.15, 0.2) is 0 Å². The lowest BCUT2D eigenvalue weighted by Crippen LogP contribution is -2.25. The predicted molar refractivity (Wildman–Crippen MR) is 107 cm³/mol. The fourth-order valence-electron chi connectivity index (χ4n) is 2.98. The van der Waals surface area contributed by atoms with E-state index in [2.05, 4.69) is 15.0 Å². The Morgan fingerprint density at radius 2 is 2.00 bits per heavy atom. The van der Waals surface area contributed by atoms with Crippen LogP contribution < -0.4 is 10.1 Å². The lowest BCUT2D eigenvalue weighted by molar-refractivity contribution is -0.130. The number of rotatable bonds is 11. The van der Waals surface area contributed by atoms with Crippen LogP contribution in [0.5, 0.6) is 5.75 Å². The van der Waals surface area contributed by atoms with E-state index in [1.165, 1.54) is 0 Å². The Labute approximate surface area is 163 Å². The summed E-state index contributed by atoms with van der Waals surface area (Å²) in [7, 11) is 0. The van der Waals surface area contributed by atoms with Crippen LogP contribution in [-0.4, -0.2) is 30.5 Å². The van der Waals surface area contributed by atoms with Crippen molar-refractivity contribution in [3.63, 3.8) is 0 Å². The van der Waals surface area contributed by atoms with Crippen LogP contribution in [0.25, 0.3) is 10.9 Å². The molecule has 0 radical (unpaired) electrons. The van der Waals surface area contributed by atoms with Gasteiger partial charge in [-0.1, -0.05) is 30.3 Å². The summed E-state index contributed by atoms with van der Waals surface area (Å²) in [6.07, 6.45) is 3.56. The largest absolute Gasteiger partial charge is 0.489 e. The molecule has 0 aliphatic rings. The molecule has 146 valence electrons. The van der Waals surface area contributed by atoms with E-state index in [4.69, 9.17) is 4.74 Å². The maximum atomic E-state index is 11.8. The maximum absolute atomic E-state index is 11.8. The van der Waals surface area contributed by atoms with Crippen molar-refractivity contribution in [3.8, 4) is 5.75 Å². The van der Waals surface area contributed by atoms with E-state index in [1.54, 1.807) is 0 Å². The lowest BCUT2D eigenvalue weighted by Gasteiger charge is -2.08. The fourth-order valence-corrected chi connectivity index (χ4v) is 2.98. The number of amides is 1. The molecule has 0 aliphatic heterocycles. The minimum atomic E-state index is -0.0405. The zero-order valence-electron chi connectivity index (χ0n) is 15.6. The van der Waals surface area contributed by atoms with E-state index in [-0.39, 0.29) is 12.5 Å². The Kier molecular flexibility index (Phi) is 7.07. The molecular formula is C22H24N2O4.